The van der Waals surface area contributed by atoms with Crippen LogP contribution in [0.25, 0.3) is 22.6 Å². The normalized spacial score (nSPS) is 17.7. The van der Waals surface area contributed by atoms with Crippen LogP contribution in [-0.2, 0) is 11.2 Å². The van der Waals surface area contributed by atoms with Crippen molar-refractivity contribution >= 4 is 56.8 Å². The Morgan fingerprint density at radius 3 is 2.53 bits per heavy atom. The fraction of sp³-hybridized carbons (Fsp3) is 0.297. The first-order chi connectivity index (χ1) is 21.7. The first kappa shape index (κ1) is 30.6. The molecule has 1 fully saturated rings. The van der Waals surface area contributed by atoms with Gasteiger partial charge in [0, 0.05) is 53.1 Å². The number of para-hydroxylation sites is 1. The van der Waals surface area contributed by atoms with E-state index in [1.54, 1.807) is 19.1 Å². The number of hydrogen-bond donors (Lipinski definition) is 1. The monoisotopic (exact) mass is 620 g/mol. The number of aromatic amines is 1. The highest BCUT2D eigenvalue weighted by atomic mass is 32.2. The molecular formula is C37H40N4O3S. The average molecular weight is 621 g/mol. The van der Waals surface area contributed by atoms with E-state index in [1.165, 1.54) is 28.3 Å². The van der Waals surface area contributed by atoms with Gasteiger partial charge in [-0.05, 0) is 99.0 Å². The molecule has 1 N–H and O–H groups in total. The molecule has 1 aromatic heterocycles. The van der Waals surface area contributed by atoms with E-state index >= 15 is 0 Å². The number of fused-ring (bicyclic) bond motifs is 2. The van der Waals surface area contributed by atoms with Gasteiger partial charge in [-0.25, -0.2) is 4.99 Å². The number of rotatable bonds is 9. The minimum Gasteiger partial charge on any atom is -0.497 e. The molecule has 0 spiro atoms. The summed E-state index contributed by atoms with van der Waals surface area (Å²) in [7, 11) is 3.34. The van der Waals surface area contributed by atoms with Crippen molar-refractivity contribution in [2.24, 2.45) is 4.99 Å². The molecule has 0 bridgehead atoms. The average Bonchev–Trinajstić information content (AvgIpc) is 3.57. The van der Waals surface area contributed by atoms with E-state index in [1.807, 2.05) is 48.7 Å². The molecule has 0 aliphatic carbocycles. The van der Waals surface area contributed by atoms with Gasteiger partial charge in [-0.3, -0.25) is 9.69 Å². The van der Waals surface area contributed by atoms with Gasteiger partial charge in [-0.1, -0.05) is 31.2 Å². The number of H-pyrrole nitrogens is 1. The van der Waals surface area contributed by atoms with E-state index in [2.05, 4.69) is 67.9 Å². The van der Waals surface area contributed by atoms with E-state index in [4.69, 9.17) is 14.5 Å². The molecule has 232 valence electrons. The first-order valence-electron chi connectivity index (χ1n) is 15.4. The standard InChI is InChI=1S/C37H40N4O3S/c1-7-17-41-32-21-33(44-6)26(19-30(32)24(2)22-37(41,3)4)20-34-35(42)40(18-16-25-23-38-31-11-9-8-10-29(25)31)36(45-34)39-27-12-14-28(43-5)15-13-27/h8-15,19-23,38H,7,16-18H2,1-6H3/b34-20+,39-36?. The summed E-state index contributed by atoms with van der Waals surface area (Å²) in [4.78, 5) is 27.2. The first-order valence-corrected chi connectivity index (χ1v) is 16.2. The van der Waals surface area contributed by atoms with Crippen molar-refractivity contribution in [2.75, 3.05) is 32.2 Å². The molecule has 8 heteroatoms. The molecule has 2 aliphatic rings. The largest absolute Gasteiger partial charge is 0.497 e. The zero-order valence-electron chi connectivity index (χ0n) is 26.8. The Labute approximate surface area is 269 Å². The predicted molar refractivity (Wildman–Crippen MR) is 188 cm³/mol. The van der Waals surface area contributed by atoms with Crippen LogP contribution in [0.2, 0.25) is 0 Å². The van der Waals surface area contributed by atoms with E-state index in [0.717, 1.165) is 52.5 Å². The zero-order chi connectivity index (χ0) is 31.7. The van der Waals surface area contributed by atoms with Gasteiger partial charge in [0.1, 0.15) is 11.5 Å². The lowest BCUT2D eigenvalue weighted by Crippen LogP contribution is -2.45. The molecule has 7 nitrogen and oxygen atoms in total. The Balaban J connectivity index is 1.37. The molecule has 3 aromatic carbocycles. The smallest absolute Gasteiger partial charge is 0.266 e. The molecule has 2 aliphatic heterocycles. The van der Waals surface area contributed by atoms with Crippen molar-refractivity contribution in [1.29, 1.82) is 0 Å². The summed E-state index contributed by atoms with van der Waals surface area (Å²) >= 11 is 1.40. The Morgan fingerprint density at radius 1 is 1.02 bits per heavy atom. The SMILES string of the molecule is CCCN1c2cc(OC)c(/C=C3/SC(=Nc4ccc(OC)cc4)N(CCc4c[nH]c5ccccc45)C3=O)cc2C(C)=CC1(C)C. The van der Waals surface area contributed by atoms with Gasteiger partial charge in [0.05, 0.1) is 30.4 Å². The number of carbonyl (C=O) groups is 1. The Kier molecular flexibility index (Phi) is 8.51. The van der Waals surface area contributed by atoms with Gasteiger partial charge in [0.25, 0.3) is 5.91 Å². The fourth-order valence-corrected chi connectivity index (χ4v) is 7.33. The topological polar surface area (TPSA) is 70.2 Å². The molecule has 1 amide bonds. The van der Waals surface area contributed by atoms with E-state index in [-0.39, 0.29) is 11.4 Å². The fourth-order valence-electron chi connectivity index (χ4n) is 6.31. The number of amidine groups is 1. The van der Waals surface area contributed by atoms with E-state index in [9.17, 15) is 4.79 Å². The zero-order valence-corrected chi connectivity index (χ0v) is 27.6. The number of methoxy groups -OCH3 is 2. The van der Waals surface area contributed by atoms with Crippen LogP contribution in [-0.4, -0.2) is 53.8 Å². The number of aromatic nitrogens is 1. The summed E-state index contributed by atoms with van der Waals surface area (Å²) in [6.07, 6.45) is 8.06. The van der Waals surface area contributed by atoms with Gasteiger partial charge >= 0.3 is 0 Å². The lowest BCUT2D eigenvalue weighted by Gasteiger charge is -2.43. The van der Waals surface area contributed by atoms with Crippen molar-refractivity contribution < 1.29 is 14.3 Å². The second-order valence-electron chi connectivity index (χ2n) is 12.0. The van der Waals surface area contributed by atoms with Gasteiger partial charge in [-0.2, -0.15) is 0 Å². The molecular weight excluding hydrogens is 580 g/mol. The molecule has 0 atom stereocenters. The third-order valence-corrected chi connectivity index (χ3v) is 9.53. The predicted octanol–water partition coefficient (Wildman–Crippen LogP) is 8.44. The van der Waals surface area contributed by atoms with Crippen molar-refractivity contribution in [3.05, 3.63) is 94.5 Å². The third kappa shape index (κ3) is 5.99. The number of thioether (sulfide) groups is 1. The van der Waals surface area contributed by atoms with Crippen LogP contribution in [0.1, 0.15) is 50.8 Å². The third-order valence-electron chi connectivity index (χ3n) is 8.53. The minimum atomic E-state index is -0.104. The van der Waals surface area contributed by atoms with Gasteiger partial charge in [0.15, 0.2) is 5.17 Å². The highest BCUT2D eigenvalue weighted by Crippen LogP contribution is 2.44. The molecule has 3 heterocycles. The summed E-state index contributed by atoms with van der Waals surface area (Å²) in [5.41, 5.74) is 7.33. The number of benzene rings is 3. The number of aliphatic imine (C=N–C) groups is 1. The number of allylic oxidation sites excluding steroid dienone is 1. The van der Waals surface area contributed by atoms with Crippen LogP contribution in [0.3, 0.4) is 0 Å². The molecule has 0 radical (unpaired) electrons. The molecule has 0 unspecified atom stereocenters. The quantitative estimate of drug-likeness (QED) is 0.190. The van der Waals surface area contributed by atoms with E-state index < -0.39 is 0 Å². The maximum absolute atomic E-state index is 14.1. The summed E-state index contributed by atoms with van der Waals surface area (Å²) in [6, 6.07) is 20.1. The number of nitrogens with zero attached hydrogens (tertiary/aromatic N) is 3. The number of amides is 1. The minimum absolute atomic E-state index is 0.0621. The maximum atomic E-state index is 14.1. The Bertz CT molecular complexity index is 1830. The van der Waals surface area contributed by atoms with Crippen LogP contribution in [0.15, 0.2) is 82.8 Å². The number of ether oxygens (including phenoxy) is 2. The van der Waals surface area contributed by atoms with Gasteiger partial charge < -0.3 is 19.4 Å². The van der Waals surface area contributed by atoms with Crippen LogP contribution >= 0.6 is 11.8 Å². The Hall–Kier alpha value is -4.43. The second kappa shape index (κ2) is 12.5. The highest BCUT2D eigenvalue weighted by molar-refractivity contribution is 8.18. The number of nitrogens with one attached hydrogen (secondary N) is 1. The van der Waals surface area contributed by atoms with Crippen LogP contribution < -0.4 is 14.4 Å². The molecule has 45 heavy (non-hydrogen) atoms. The van der Waals surface area contributed by atoms with Crippen LogP contribution in [0.4, 0.5) is 11.4 Å². The van der Waals surface area contributed by atoms with Gasteiger partial charge in [0.2, 0.25) is 0 Å². The van der Waals surface area contributed by atoms with Crippen LogP contribution in [0.5, 0.6) is 11.5 Å². The van der Waals surface area contributed by atoms with Crippen molar-refractivity contribution in [2.45, 2.75) is 46.1 Å². The molecule has 4 aromatic rings. The summed E-state index contributed by atoms with van der Waals surface area (Å²) in [6.45, 7) is 10.3. The number of anilines is 1. The van der Waals surface area contributed by atoms with Crippen LogP contribution in [0, 0.1) is 0 Å². The lowest BCUT2D eigenvalue weighted by atomic mass is 9.87. The Morgan fingerprint density at radius 2 is 1.80 bits per heavy atom. The van der Waals surface area contributed by atoms with Crippen molar-refractivity contribution in [3.63, 3.8) is 0 Å². The van der Waals surface area contributed by atoms with Gasteiger partial charge in [-0.15, -0.1) is 0 Å². The molecule has 1 saturated heterocycles. The summed E-state index contributed by atoms with van der Waals surface area (Å²) in [5, 5.41) is 1.82. The highest BCUT2D eigenvalue weighted by Gasteiger charge is 2.35. The summed E-state index contributed by atoms with van der Waals surface area (Å²) in [5.74, 6) is 1.44. The maximum Gasteiger partial charge on any atom is 0.266 e. The molecule has 6 rings (SSSR count). The number of carbonyl (C=O) groups excluding carboxylic acids is 1. The van der Waals surface area contributed by atoms with E-state index in [0.29, 0.717) is 23.0 Å². The lowest BCUT2D eigenvalue weighted by molar-refractivity contribution is -0.122. The van der Waals surface area contributed by atoms with Crippen molar-refractivity contribution in [1.82, 2.24) is 9.88 Å². The second-order valence-corrected chi connectivity index (χ2v) is 13.0. The van der Waals surface area contributed by atoms with Crippen molar-refractivity contribution in [3.8, 4) is 11.5 Å². The summed E-state index contributed by atoms with van der Waals surface area (Å²) < 4.78 is 11.3. The number of hydrogen-bond acceptors (Lipinski definition) is 6. The molecule has 0 saturated carbocycles.